The van der Waals surface area contributed by atoms with E-state index in [0.717, 1.165) is 16.9 Å². The minimum absolute atomic E-state index is 0.220. The van der Waals surface area contributed by atoms with Crippen LogP contribution in [0.3, 0.4) is 0 Å². The molecule has 0 saturated carbocycles. The van der Waals surface area contributed by atoms with E-state index in [2.05, 4.69) is 10.4 Å². The van der Waals surface area contributed by atoms with E-state index in [1.54, 1.807) is 24.3 Å². The smallest absolute Gasteiger partial charge is 0.274 e. The highest BCUT2D eigenvalue weighted by atomic mass is 16.5. The number of benzene rings is 3. The average Bonchev–Trinajstić information content (AvgIpc) is 2.80. The molecule has 1 amide bonds. The van der Waals surface area contributed by atoms with Gasteiger partial charge in [0.05, 0.1) is 11.9 Å². The first-order chi connectivity index (χ1) is 14.6. The van der Waals surface area contributed by atoms with Crippen LogP contribution in [-0.2, 0) is 7.05 Å². The predicted molar refractivity (Wildman–Crippen MR) is 117 cm³/mol. The number of nitrogens with one attached hydrogen (secondary N) is 1. The lowest BCUT2D eigenvalue weighted by Crippen LogP contribution is -2.32. The van der Waals surface area contributed by atoms with E-state index in [9.17, 15) is 9.59 Å². The van der Waals surface area contributed by atoms with Gasteiger partial charge in [0.1, 0.15) is 12.4 Å². The molecule has 0 fully saturated rings. The lowest BCUT2D eigenvalue weighted by Gasteiger charge is -2.12. The van der Waals surface area contributed by atoms with E-state index in [1.165, 1.54) is 11.7 Å². The topological polar surface area (TPSA) is 73.2 Å². The van der Waals surface area contributed by atoms with Crippen LogP contribution in [-0.4, -0.2) is 28.8 Å². The van der Waals surface area contributed by atoms with Crippen molar-refractivity contribution in [2.75, 3.05) is 13.2 Å². The Morgan fingerprint density at radius 3 is 2.40 bits per heavy atom. The lowest BCUT2D eigenvalue weighted by molar-refractivity contribution is 0.0942. The lowest BCUT2D eigenvalue weighted by atomic mass is 10.1. The van der Waals surface area contributed by atoms with E-state index in [4.69, 9.17) is 4.74 Å². The van der Waals surface area contributed by atoms with Gasteiger partial charge in [-0.15, -0.1) is 0 Å². The number of nitrogens with zero attached hydrogens (tertiary/aromatic N) is 2. The van der Waals surface area contributed by atoms with E-state index in [-0.39, 0.29) is 17.2 Å². The third-order valence-corrected chi connectivity index (χ3v) is 4.79. The van der Waals surface area contributed by atoms with Gasteiger partial charge in [0.15, 0.2) is 5.69 Å². The molecule has 0 radical (unpaired) electrons. The monoisotopic (exact) mass is 399 g/mol. The fourth-order valence-electron chi connectivity index (χ4n) is 3.33. The van der Waals surface area contributed by atoms with Crippen LogP contribution in [0.5, 0.6) is 5.75 Å². The summed E-state index contributed by atoms with van der Waals surface area (Å²) in [6, 6.07) is 24.8. The highest BCUT2D eigenvalue weighted by molar-refractivity contribution is 6.04. The van der Waals surface area contributed by atoms with Gasteiger partial charge in [-0.25, -0.2) is 4.68 Å². The summed E-state index contributed by atoms with van der Waals surface area (Å²) in [4.78, 5) is 24.9. The number of aromatic nitrogens is 2. The van der Waals surface area contributed by atoms with Crippen LogP contribution < -0.4 is 15.6 Å². The summed E-state index contributed by atoms with van der Waals surface area (Å²) in [5.41, 5.74) is 2.05. The molecule has 4 rings (SSSR count). The Morgan fingerprint density at radius 2 is 1.60 bits per heavy atom. The summed E-state index contributed by atoms with van der Waals surface area (Å²) >= 11 is 0. The van der Waals surface area contributed by atoms with Crippen molar-refractivity contribution in [2.24, 2.45) is 7.05 Å². The molecule has 0 spiro atoms. The zero-order valence-electron chi connectivity index (χ0n) is 16.5. The standard InChI is InChI=1S/C24H21N3O3/c1-27-24(29)20-13-6-5-12-19(20)22(26-27)23(28)25-15-16-30-21-14-8-7-11-18(21)17-9-3-2-4-10-17/h2-14H,15-16H2,1H3,(H,25,28). The molecule has 0 aliphatic heterocycles. The van der Waals surface area contributed by atoms with Crippen molar-refractivity contribution in [3.63, 3.8) is 0 Å². The zero-order valence-corrected chi connectivity index (χ0v) is 16.5. The Bertz CT molecular complexity index is 1250. The second-order valence-corrected chi connectivity index (χ2v) is 6.79. The summed E-state index contributed by atoms with van der Waals surface area (Å²) in [6.07, 6.45) is 0. The summed E-state index contributed by atoms with van der Waals surface area (Å²) < 4.78 is 7.10. The maximum atomic E-state index is 12.7. The van der Waals surface area contributed by atoms with E-state index in [1.807, 2.05) is 54.6 Å². The Balaban J connectivity index is 1.44. The number of amides is 1. The fourth-order valence-corrected chi connectivity index (χ4v) is 3.33. The van der Waals surface area contributed by atoms with Crippen LogP contribution >= 0.6 is 0 Å². The Kier molecular flexibility index (Phi) is 5.57. The summed E-state index contributed by atoms with van der Waals surface area (Å²) in [7, 11) is 1.54. The first-order valence-corrected chi connectivity index (χ1v) is 9.66. The predicted octanol–water partition coefficient (Wildman–Crippen LogP) is 3.41. The molecular weight excluding hydrogens is 378 g/mol. The summed E-state index contributed by atoms with van der Waals surface area (Å²) in [6.45, 7) is 0.611. The van der Waals surface area contributed by atoms with E-state index in [0.29, 0.717) is 23.9 Å². The third kappa shape index (κ3) is 3.93. The highest BCUT2D eigenvalue weighted by Gasteiger charge is 2.15. The van der Waals surface area contributed by atoms with E-state index >= 15 is 0 Å². The van der Waals surface area contributed by atoms with Gasteiger partial charge in [-0.3, -0.25) is 9.59 Å². The van der Waals surface area contributed by atoms with Crippen LogP contribution in [0.25, 0.3) is 21.9 Å². The second kappa shape index (κ2) is 8.61. The van der Waals surface area contributed by atoms with Crippen molar-refractivity contribution < 1.29 is 9.53 Å². The van der Waals surface area contributed by atoms with Crippen molar-refractivity contribution in [3.8, 4) is 16.9 Å². The molecule has 0 bridgehead atoms. The number of para-hydroxylation sites is 1. The summed E-state index contributed by atoms with van der Waals surface area (Å²) in [5, 5.41) is 7.97. The molecule has 150 valence electrons. The Hall–Kier alpha value is -3.93. The summed E-state index contributed by atoms with van der Waals surface area (Å²) in [5.74, 6) is 0.408. The molecule has 0 aliphatic rings. The fraction of sp³-hybridized carbons (Fsp3) is 0.125. The normalized spacial score (nSPS) is 10.7. The minimum atomic E-state index is -0.346. The van der Waals surface area contributed by atoms with Gasteiger partial charge in [0, 0.05) is 18.0 Å². The molecule has 1 N–H and O–H groups in total. The molecule has 30 heavy (non-hydrogen) atoms. The van der Waals surface area contributed by atoms with Gasteiger partial charge in [-0.05, 0) is 17.7 Å². The molecule has 4 aromatic rings. The molecule has 6 nitrogen and oxygen atoms in total. The number of fused-ring (bicyclic) bond motifs is 1. The van der Waals surface area contributed by atoms with Gasteiger partial charge in [0.25, 0.3) is 11.5 Å². The Morgan fingerprint density at radius 1 is 0.933 bits per heavy atom. The van der Waals surface area contributed by atoms with Gasteiger partial charge in [-0.2, -0.15) is 5.10 Å². The largest absolute Gasteiger partial charge is 0.491 e. The van der Waals surface area contributed by atoms with Crippen molar-refractivity contribution in [3.05, 3.63) is 94.9 Å². The number of carbonyl (C=O) groups is 1. The maximum absolute atomic E-state index is 12.7. The van der Waals surface area contributed by atoms with Crippen molar-refractivity contribution in [2.45, 2.75) is 0 Å². The molecule has 3 aromatic carbocycles. The molecule has 0 unspecified atom stereocenters. The van der Waals surface area contributed by atoms with Gasteiger partial charge >= 0.3 is 0 Å². The molecule has 0 aliphatic carbocycles. The van der Waals surface area contributed by atoms with Crippen molar-refractivity contribution in [1.82, 2.24) is 15.1 Å². The number of rotatable bonds is 6. The van der Waals surface area contributed by atoms with Crippen LogP contribution in [0.1, 0.15) is 10.5 Å². The first kappa shape index (κ1) is 19.4. The van der Waals surface area contributed by atoms with Gasteiger partial charge in [-0.1, -0.05) is 66.7 Å². The van der Waals surface area contributed by atoms with E-state index < -0.39 is 0 Å². The van der Waals surface area contributed by atoms with Gasteiger partial charge < -0.3 is 10.1 Å². The van der Waals surface area contributed by atoms with Crippen molar-refractivity contribution >= 4 is 16.7 Å². The minimum Gasteiger partial charge on any atom is -0.491 e. The molecule has 6 heteroatoms. The number of ether oxygens (including phenoxy) is 1. The SMILES string of the molecule is Cn1nc(C(=O)NCCOc2ccccc2-c2ccccc2)c2ccccc2c1=O. The average molecular weight is 399 g/mol. The Labute approximate surface area is 173 Å². The molecular formula is C24H21N3O3. The third-order valence-electron chi connectivity index (χ3n) is 4.79. The molecule has 0 atom stereocenters. The van der Waals surface area contributed by atoms with Crippen LogP contribution in [0, 0.1) is 0 Å². The second-order valence-electron chi connectivity index (χ2n) is 6.79. The maximum Gasteiger partial charge on any atom is 0.274 e. The van der Waals surface area contributed by atoms with Crippen LogP contribution in [0.2, 0.25) is 0 Å². The highest BCUT2D eigenvalue weighted by Crippen LogP contribution is 2.29. The number of hydrogen-bond donors (Lipinski definition) is 1. The number of carbonyl (C=O) groups excluding carboxylic acids is 1. The van der Waals surface area contributed by atoms with Crippen molar-refractivity contribution in [1.29, 1.82) is 0 Å². The zero-order chi connectivity index (χ0) is 20.9. The molecule has 0 saturated heterocycles. The molecule has 1 heterocycles. The molecule has 1 aromatic heterocycles. The van der Waals surface area contributed by atoms with Crippen LogP contribution in [0.15, 0.2) is 83.7 Å². The van der Waals surface area contributed by atoms with Crippen LogP contribution in [0.4, 0.5) is 0 Å². The quantitative estimate of drug-likeness (QED) is 0.504. The van der Waals surface area contributed by atoms with Gasteiger partial charge in [0.2, 0.25) is 0 Å². The first-order valence-electron chi connectivity index (χ1n) is 9.66. The number of aryl methyl sites for hydroxylation is 1. The number of hydrogen-bond acceptors (Lipinski definition) is 4.